The highest BCUT2D eigenvalue weighted by atomic mass is 35.5. The van der Waals surface area contributed by atoms with E-state index in [0.29, 0.717) is 16.8 Å². The number of rotatable bonds is 4. The van der Waals surface area contributed by atoms with Gasteiger partial charge in [0.05, 0.1) is 11.0 Å². The molecule has 1 N–H and O–H groups in total. The minimum absolute atomic E-state index is 0.0678. The lowest BCUT2D eigenvalue weighted by molar-refractivity contribution is -0.384. The molecule has 1 aliphatic rings. The Morgan fingerprint density at radius 1 is 1.37 bits per heavy atom. The van der Waals surface area contributed by atoms with Crippen LogP contribution in [0, 0.1) is 10.1 Å². The molecule has 0 bridgehead atoms. The molecule has 1 aliphatic carbocycles. The van der Waals surface area contributed by atoms with Crippen molar-refractivity contribution in [3.05, 3.63) is 33.3 Å². The fourth-order valence-electron chi connectivity index (χ4n) is 2.45. The minimum Gasteiger partial charge on any atom is -0.381 e. The van der Waals surface area contributed by atoms with Gasteiger partial charge in [-0.3, -0.25) is 10.1 Å². The standard InChI is InChI=1S/C13H17ClN2O3/c1-19-11-5-3-10(4-6-11)15-12-8-9(14)2-7-13(12)16(17)18/h2,7-8,10-11,15H,3-6H2,1H3. The molecule has 104 valence electrons. The van der Waals surface area contributed by atoms with Gasteiger partial charge in [0.15, 0.2) is 0 Å². The van der Waals surface area contributed by atoms with Crippen molar-refractivity contribution in [2.75, 3.05) is 12.4 Å². The summed E-state index contributed by atoms with van der Waals surface area (Å²) >= 11 is 5.90. The molecule has 0 radical (unpaired) electrons. The van der Waals surface area contributed by atoms with Crippen molar-refractivity contribution >= 4 is 23.0 Å². The molecule has 6 heteroatoms. The van der Waals surface area contributed by atoms with Crippen molar-refractivity contribution in [2.45, 2.75) is 37.8 Å². The van der Waals surface area contributed by atoms with Gasteiger partial charge in [0.25, 0.3) is 5.69 Å². The summed E-state index contributed by atoms with van der Waals surface area (Å²) in [7, 11) is 1.72. The molecule has 0 aliphatic heterocycles. The smallest absolute Gasteiger partial charge is 0.292 e. The number of nitrogens with zero attached hydrogens (tertiary/aromatic N) is 1. The lowest BCUT2D eigenvalue weighted by atomic mass is 9.93. The van der Waals surface area contributed by atoms with Crippen LogP contribution in [0.1, 0.15) is 25.7 Å². The summed E-state index contributed by atoms with van der Waals surface area (Å²) < 4.78 is 5.31. The van der Waals surface area contributed by atoms with Gasteiger partial charge in [0, 0.05) is 24.2 Å². The van der Waals surface area contributed by atoms with Crippen LogP contribution in [-0.4, -0.2) is 24.2 Å². The van der Waals surface area contributed by atoms with E-state index in [2.05, 4.69) is 5.32 Å². The van der Waals surface area contributed by atoms with E-state index >= 15 is 0 Å². The van der Waals surface area contributed by atoms with Crippen molar-refractivity contribution in [3.8, 4) is 0 Å². The second kappa shape index (κ2) is 6.21. The highest BCUT2D eigenvalue weighted by Crippen LogP contribution is 2.31. The summed E-state index contributed by atoms with van der Waals surface area (Å²) in [5, 5.41) is 14.7. The number of hydrogen-bond donors (Lipinski definition) is 1. The average molecular weight is 285 g/mol. The topological polar surface area (TPSA) is 64.4 Å². The normalized spacial score (nSPS) is 23.1. The molecule has 0 aromatic heterocycles. The molecule has 1 saturated carbocycles. The Labute approximate surface area is 117 Å². The molecule has 0 heterocycles. The highest BCUT2D eigenvalue weighted by molar-refractivity contribution is 6.31. The first-order valence-electron chi connectivity index (χ1n) is 6.33. The van der Waals surface area contributed by atoms with E-state index in [4.69, 9.17) is 16.3 Å². The number of nitro benzene ring substituents is 1. The van der Waals surface area contributed by atoms with Gasteiger partial charge in [-0.2, -0.15) is 0 Å². The monoisotopic (exact) mass is 284 g/mol. The number of anilines is 1. The third-order valence-corrected chi connectivity index (χ3v) is 3.76. The van der Waals surface area contributed by atoms with Crippen molar-refractivity contribution in [2.24, 2.45) is 0 Å². The Kier molecular flexibility index (Phi) is 4.61. The van der Waals surface area contributed by atoms with E-state index in [0.717, 1.165) is 25.7 Å². The molecule has 5 nitrogen and oxygen atoms in total. The summed E-state index contributed by atoms with van der Waals surface area (Å²) in [5.41, 5.74) is 0.566. The van der Waals surface area contributed by atoms with Crippen molar-refractivity contribution in [1.82, 2.24) is 0 Å². The first-order valence-corrected chi connectivity index (χ1v) is 6.71. The number of nitrogens with one attached hydrogen (secondary N) is 1. The van der Waals surface area contributed by atoms with Crippen LogP contribution in [0.15, 0.2) is 18.2 Å². The van der Waals surface area contributed by atoms with Crippen LogP contribution < -0.4 is 5.32 Å². The van der Waals surface area contributed by atoms with Gasteiger partial charge in [0.2, 0.25) is 0 Å². The Hall–Kier alpha value is -1.33. The Balaban J connectivity index is 2.06. The number of ether oxygens (including phenoxy) is 1. The molecule has 19 heavy (non-hydrogen) atoms. The van der Waals surface area contributed by atoms with Gasteiger partial charge in [-0.05, 0) is 37.8 Å². The number of methoxy groups -OCH3 is 1. The van der Waals surface area contributed by atoms with Crippen LogP contribution in [0.5, 0.6) is 0 Å². The van der Waals surface area contributed by atoms with E-state index in [9.17, 15) is 10.1 Å². The molecule has 0 unspecified atom stereocenters. The van der Waals surface area contributed by atoms with Gasteiger partial charge < -0.3 is 10.1 Å². The maximum absolute atomic E-state index is 11.0. The quantitative estimate of drug-likeness (QED) is 0.677. The van der Waals surface area contributed by atoms with E-state index in [-0.39, 0.29) is 16.7 Å². The number of halogens is 1. The summed E-state index contributed by atoms with van der Waals surface area (Å²) in [6, 6.07) is 4.82. The number of benzene rings is 1. The Morgan fingerprint density at radius 2 is 2.05 bits per heavy atom. The second-order valence-electron chi connectivity index (χ2n) is 4.77. The van der Waals surface area contributed by atoms with Crippen LogP contribution >= 0.6 is 11.6 Å². The van der Waals surface area contributed by atoms with E-state index in [1.165, 1.54) is 12.1 Å². The molecule has 2 rings (SSSR count). The lowest BCUT2D eigenvalue weighted by Gasteiger charge is -2.28. The second-order valence-corrected chi connectivity index (χ2v) is 5.21. The molecule has 1 aromatic carbocycles. The van der Waals surface area contributed by atoms with Gasteiger partial charge in [-0.25, -0.2) is 0 Å². The fourth-order valence-corrected chi connectivity index (χ4v) is 2.62. The molecule has 0 saturated heterocycles. The third kappa shape index (κ3) is 3.58. The third-order valence-electron chi connectivity index (χ3n) is 3.52. The van der Waals surface area contributed by atoms with Crippen molar-refractivity contribution in [3.63, 3.8) is 0 Å². The average Bonchev–Trinajstić information content (AvgIpc) is 2.39. The zero-order valence-electron chi connectivity index (χ0n) is 10.8. The molecule has 0 atom stereocenters. The molecule has 0 amide bonds. The molecular formula is C13H17ClN2O3. The van der Waals surface area contributed by atoms with Crippen LogP contribution in [-0.2, 0) is 4.74 Å². The fraction of sp³-hybridized carbons (Fsp3) is 0.538. The van der Waals surface area contributed by atoms with E-state index in [1.807, 2.05) is 0 Å². The van der Waals surface area contributed by atoms with Crippen molar-refractivity contribution < 1.29 is 9.66 Å². The van der Waals surface area contributed by atoms with Crippen molar-refractivity contribution in [1.29, 1.82) is 0 Å². The summed E-state index contributed by atoms with van der Waals surface area (Å²) in [4.78, 5) is 10.6. The maximum atomic E-state index is 11.0. The largest absolute Gasteiger partial charge is 0.381 e. The summed E-state index contributed by atoms with van der Waals surface area (Å²) in [6.07, 6.45) is 4.16. The first-order chi connectivity index (χ1) is 9.10. The molecule has 1 fully saturated rings. The number of hydrogen-bond acceptors (Lipinski definition) is 4. The van der Waals surface area contributed by atoms with Gasteiger partial charge >= 0.3 is 0 Å². The highest BCUT2D eigenvalue weighted by Gasteiger charge is 2.23. The number of nitro groups is 1. The summed E-state index contributed by atoms with van der Waals surface area (Å²) in [5.74, 6) is 0. The first kappa shape index (κ1) is 14.1. The lowest BCUT2D eigenvalue weighted by Crippen LogP contribution is -2.29. The van der Waals surface area contributed by atoms with Crippen LogP contribution in [0.4, 0.5) is 11.4 Å². The van der Waals surface area contributed by atoms with E-state index < -0.39 is 0 Å². The molecule has 0 spiro atoms. The van der Waals surface area contributed by atoms with Crippen LogP contribution in [0.25, 0.3) is 0 Å². The maximum Gasteiger partial charge on any atom is 0.292 e. The predicted molar refractivity (Wildman–Crippen MR) is 74.8 cm³/mol. The zero-order chi connectivity index (χ0) is 13.8. The molecule has 1 aromatic rings. The van der Waals surface area contributed by atoms with Crippen LogP contribution in [0.2, 0.25) is 5.02 Å². The zero-order valence-corrected chi connectivity index (χ0v) is 11.5. The van der Waals surface area contributed by atoms with Gasteiger partial charge in [-0.1, -0.05) is 11.6 Å². The van der Waals surface area contributed by atoms with Gasteiger partial charge in [0.1, 0.15) is 5.69 Å². The SMILES string of the molecule is COC1CCC(Nc2cc(Cl)ccc2[N+](=O)[O-])CC1. The van der Waals surface area contributed by atoms with Gasteiger partial charge in [-0.15, -0.1) is 0 Å². The van der Waals surface area contributed by atoms with E-state index in [1.54, 1.807) is 13.2 Å². The predicted octanol–water partition coefficient (Wildman–Crippen LogP) is 3.62. The Bertz CT molecular complexity index is 459. The summed E-state index contributed by atoms with van der Waals surface area (Å²) in [6.45, 7) is 0. The van der Waals surface area contributed by atoms with Crippen LogP contribution in [0.3, 0.4) is 0 Å². The minimum atomic E-state index is -0.389. The Morgan fingerprint density at radius 3 is 2.63 bits per heavy atom. The molecular weight excluding hydrogens is 268 g/mol.